The molecule has 1 aliphatic rings. The van der Waals surface area contributed by atoms with E-state index in [4.69, 9.17) is 0 Å². The van der Waals surface area contributed by atoms with E-state index in [0.29, 0.717) is 12.6 Å². The van der Waals surface area contributed by atoms with Crippen LogP contribution in [0.5, 0.6) is 0 Å². The van der Waals surface area contributed by atoms with Gasteiger partial charge in [0.15, 0.2) is 5.78 Å². The van der Waals surface area contributed by atoms with Crippen molar-refractivity contribution in [3.63, 3.8) is 0 Å². The largest absolute Gasteiger partial charge is 0.357 e. The fourth-order valence-electron chi connectivity index (χ4n) is 2.89. The van der Waals surface area contributed by atoms with Gasteiger partial charge in [-0.15, -0.1) is 0 Å². The minimum absolute atomic E-state index is 0.253. The topological polar surface area (TPSA) is 25.2 Å². The molecule has 18 heavy (non-hydrogen) atoms. The fraction of sp³-hybridized carbons (Fsp3) is 0.667. The normalized spacial score (nSPS) is 17.3. The van der Waals surface area contributed by atoms with Crippen molar-refractivity contribution in [3.8, 4) is 0 Å². The second-order valence-corrected chi connectivity index (χ2v) is 5.34. The Hall–Kier alpha value is -1.09. The van der Waals surface area contributed by atoms with Gasteiger partial charge in [0.2, 0.25) is 0 Å². The molecule has 0 radical (unpaired) electrons. The van der Waals surface area contributed by atoms with Crippen LogP contribution in [-0.2, 0) is 7.05 Å². The molecule has 1 aromatic heterocycles. The molecular formula is C15H24N2O. The van der Waals surface area contributed by atoms with Gasteiger partial charge in [-0.25, -0.2) is 0 Å². The van der Waals surface area contributed by atoms with Gasteiger partial charge in [0.1, 0.15) is 0 Å². The molecule has 0 atom stereocenters. The molecule has 2 rings (SSSR count). The highest BCUT2D eigenvalue weighted by molar-refractivity contribution is 5.97. The number of hydrogen-bond donors (Lipinski definition) is 0. The zero-order valence-corrected chi connectivity index (χ0v) is 11.6. The summed E-state index contributed by atoms with van der Waals surface area (Å²) in [6.07, 6.45) is 10.4. The zero-order valence-electron chi connectivity index (χ0n) is 11.6. The molecule has 3 nitrogen and oxygen atoms in total. The molecule has 100 valence electrons. The molecule has 0 N–H and O–H groups in total. The van der Waals surface area contributed by atoms with Gasteiger partial charge in [-0.1, -0.05) is 26.2 Å². The lowest BCUT2D eigenvalue weighted by Crippen LogP contribution is -2.40. The summed E-state index contributed by atoms with van der Waals surface area (Å²) >= 11 is 0. The molecule has 0 bridgehead atoms. The van der Waals surface area contributed by atoms with Crippen LogP contribution in [0.1, 0.15) is 49.4 Å². The van der Waals surface area contributed by atoms with Crippen LogP contribution >= 0.6 is 0 Å². The maximum atomic E-state index is 12.2. The second kappa shape index (κ2) is 6.19. The summed E-state index contributed by atoms with van der Waals surface area (Å²) in [5.41, 5.74) is 0.840. The molecular weight excluding hydrogens is 224 g/mol. The van der Waals surface area contributed by atoms with Crippen LogP contribution in [0.15, 0.2) is 18.5 Å². The van der Waals surface area contributed by atoms with Crippen LogP contribution in [0.3, 0.4) is 0 Å². The van der Waals surface area contributed by atoms with E-state index < -0.39 is 0 Å². The zero-order chi connectivity index (χ0) is 13.0. The van der Waals surface area contributed by atoms with E-state index >= 15 is 0 Å². The Labute approximate surface area is 110 Å². The van der Waals surface area contributed by atoms with Crippen molar-refractivity contribution in [1.29, 1.82) is 0 Å². The second-order valence-electron chi connectivity index (χ2n) is 5.34. The fourth-order valence-corrected chi connectivity index (χ4v) is 2.89. The van der Waals surface area contributed by atoms with E-state index in [-0.39, 0.29) is 5.78 Å². The molecule has 0 spiro atoms. The summed E-state index contributed by atoms with van der Waals surface area (Å²) in [4.78, 5) is 14.6. The number of aryl methyl sites for hydroxylation is 1. The maximum absolute atomic E-state index is 12.2. The average Bonchev–Trinajstić information content (AvgIpc) is 2.83. The van der Waals surface area contributed by atoms with Crippen LogP contribution in [-0.4, -0.2) is 34.4 Å². The third-order valence-electron chi connectivity index (χ3n) is 4.00. The summed E-state index contributed by atoms with van der Waals surface area (Å²) in [6, 6.07) is 2.54. The van der Waals surface area contributed by atoms with Crippen LogP contribution in [0.25, 0.3) is 0 Å². The minimum atomic E-state index is 0.253. The van der Waals surface area contributed by atoms with Crippen molar-refractivity contribution >= 4 is 5.78 Å². The third kappa shape index (κ3) is 3.22. The number of rotatable bonds is 5. The van der Waals surface area contributed by atoms with Gasteiger partial charge < -0.3 is 4.57 Å². The summed E-state index contributed by atoms with van der Waals surface area (Å²) < 4.78 is 1.93. The van der Waals surface area contributed by atoms with Crippen LogP contribution < -0.4 is 0 Å². The van der Waals surface area contributed by atoms with Crippen molar-refractivity contribution in [2.75, 3.05) is 13.1 Å². The van der Waals surface area contributed by atoms with Crippen molar-refractivity contribution in [1.82, 2.24) is 9.47 Å². The first kappa shape index (κ1) is 13.3. The monoisotopic (exact) mass is 248 g/mol. The summed E-state index contributed by atoms with van der Waals surface area (Å²) in [5, 5.41) is 0. The molecule has 1 fully saturated rings. The van der Waals surface area contributed by atoms with Gasteiger partial charge in [-0.3, -0.25) is 9.69 Å². The van der Waals surface area contributed by atoms with Crippen molar-refractivity contribution < 1.29 is 4.79 Å². The van der Waals surface area contributed by atoms with Gasteiger partial charge in [-0.2, -0.15) is 0 Å². The molecule has 1 heterocycles. The highest BCUT2D eigenvalue weighted by Gasteiger charge is 2.22. The number of ketones is 1. The van der Waals surface area contributed by atoms with Gasteiger partial charge in [-0.05, 0) is 25.5 Å². The Morgan fingerprint density at radius 2 is 2.11 bits per heavy atom. The van der Waals surface area contributed by atoms with Crippen LogP contribution in [0.2, 0.25) is 0 Å². The highest BCUT2D eigenvalue weighted by Crippen LogP contribution is 2.22. The summed E-state index contributed by atoms with van der Waals surface area (Å²) in [7, 11) is 1.95. The Morgan fingerprint density at radius 3 is 2.67 bits per heavy atom. The number of hydrogen-bond acceptors (Lipinski definition) is 2. The van der Waals surface area contributed by atoms with Gasteiger partial charge in [0, 0.05) is 31.0 Å². The predicted molar refractivity (Wildman–Crippen MR) is 73.9 cm³/mol. The lowest BCUT2D eigenvalue weighted by Gasteiger charge is -2.32. The van der Waals surface area contributed by atoms with Gasteiger partial charge in [0.25, 0.3) is 0 Å². The number of carbonyl (C=O) groups excluding carboxylic acids is 1. The number of likely N-dealkylation sites (N-methyl/N-ethyl adjacent to an activating group) is 1. The van der Waals surface area contributed by atoms with E-state index in [1.807, 2.05) is 30.1 Å². The molecule has 1 saturated carbocycles. The first-order valence-corrected chi connectivity index (χ1v) is 7.10. The third-order valence-corrected chi connectivity index (χ3v) is 4.00. The summed E-state index contributed by atoms with van der Waals surface area (Å²) in [6.45, 7) is 3.71. The minimum Gasteiger partial charge on any atom is -0.357 e. The van der Waals surface area contributed by atoms with Crippen molar-refractivity contribution in [2.45, 2.75) is 45.1 Å². The lowest BCUT2D eigenvalue weighted by atomic mass is 9.94. The predicted octanol–water partition coefficient (Wildman–Crippen LogP) is 2.86. The Morgan fingerprint density at radius 1 is 1.39 bits per heavy atom. The van der Waals surface area contributed by atoms with E-state index in [0.717, 1.165) is 12.1 Å². The van der Waals surface area contributed by atoms with Gasteiger partial charge in [0.05, 0.1) is 6.54 Å². The molecule has 0 aromatic carbocycles. The highest BCUT2D eigenvalue weighted by atomic mass is 16.1. The molecule has 0 aliphatic heterocycles. The standard InChI is InChI=1S/C15H24N2O/c1-3-17(14-7-5-4-6-8-14)12-15(18)13-9-10-16(2)11-13/h9-11,14H,3-8,12H2,1-2H3. The van der Waals surface area contributed by atoms with Crippen molar-refractivity contribution in [2.24, 2.45) is 7.05 Å². The molecule has 0 unspecified atom stereocenters. The Balaban J connectivity index is 1.95. The van der Waals surface area contributed by atoms with Crippen molar-refractivity contribution in [3.05, 3.63) is 24.0 Å². The quantitative estimate of drug-likeness (QED) is 0.749. The molecule has 1 aromatic rings. The SMILES string of the molecule is CCN(CC(=O)c1ccn(C)c1)C1CCCCC1. The smallest absolute Gasteiger partial charge is 0.178 e. The van der Waals surface area contributed by atoms with E-state index in [2.05, 4.69) is 11.8 Å². The molecule has 1 aliphatic carbocycles. The lowest BCUT2D eigenvalue weighted by molar-refractivity contribution is 0.0868. The number of aromatic nitrogens is 1. The van der Waals surface area contributed by atoms with Gasteiger partial charge >= 0.3 is 0 Å². The van der Waals surface area contributed by atoms with Crippen LogP contribution in [0, 0.1) is 0 Å². The first-order chi connectivity index (χ1) is 8.70. The molecule has 3 heteroatoms. The van der Waals surface area contributed by atoms with Crippen LogP contribution in [0.4, 0.5) is 0 Å². The Kier molecular flexibility index (Phi) is 4.59. The van der Waals surface area contributed by atoms with E-state index in [9.17, 15) is 4.79 Å². The number of nitrogens with zero attached hydrogens (tertiary/aromatic N) is 2. The Bertz CT molecular complexity index is 391. The molecule has 0 amide bonds. The maximum Gasteiger partial charge on any atom is 0.178 e. The average molecular weight is 248 g/mol. The summed E-state index contributed by atoms with van der Waals surface area (Å²) in [5.74, 6) is 0.253. The molecule has 0 saturated heterocycles. The number of carbonyl (C=O) groups is 1. The number of Topliss-reactive ketones (excluding diaryl/α,β-unsaturated/α-hetero) is 1. The van der Waals surface area contributed by atoms with E-state index in [1.54, 1.807) is 0 Å². The first-order valence-electron chi connectivity index (χ1n) is 7.10. The van der Waals surface area contributed by atoms with E-state index in [1.165, 1.54) is 32.1 Å².